The standard InChI is InChI=1S/C16H22BrN3O4/c1-16(2,3)24-15(22)20-6-7-23-9-13(20)14(21)19-12-8-10(17)4-5-11(12)18/h4-5,8,13H,6-7,9,18H2,1-3H3,(H,19,21)/t13-/m0/s1. The number of carbonyl (C=O) groups is 2. The summed E-state index contributed by atoms with van der Waals surface area (Å²) in [6, 6.07) is 4.39. The maximum Gasteiger partial charge on any atom is 0.411 e. The quantitative estimate of drug-likeness (QED) is 0.745. The number of amides is 2. The number of nitrogens with two attached hydrogens (primary N) is 1. The van der Waals surface area contributed by atoms with Gasteiger partial charge >= 0.3 is 6.09 Å². The van der Waals surface area contributed by atoms with Crippen LogP contribution < -0.4 is 11.1 Å². The van der Waals surface area contributed by atoms with Crippen LogP contribution in [0.25, 0.3) is 0 Å². The van der Waals surface area contributed by atoms with Crippen LogP contribution in [0.1, 0.15) is 20.8 Å². The van der Waals surface area contributed by atoms with Gasteiger partial charge in [-0.3, -0.25) is 9.69 Å². The predicted octanol–water partition coefficient (Wildman–Crippen LogP) is 2.61. The van der Waals surface area contributed by atoms with Gasteiger partial charge in [0.2, 0.25) is 5.91 Å². The Morgan fingerprint density at radius 3 is 2.79 bits per heavy atom. The lowest BCUT2D eigenvalue weighted by Gasteiger charge is -2.35. The minimum atomic E-state index is -0.771. The molecule has 7 nitrogen and oxygen atoms in total. The highest BCUT2D eigenvalue weighted by atomic mass is 79.9. The van der Waals surface area contributed by atoms with E-state index in [4.69, 9.17) is 15.2 Å². The molecule has 1 aliphatic heterocycles. The third-order valence-electron chi connectivity index (χ3n) is 3.33. The van der Waals surface area contributed by atoms with Crippen molar-refractivity contribution < 1.29 is 19.1 Å². The Morgan fingerprint density at radius 2 is 2.12 bits per heavy atom. The van der Waals surface area contributed by atoms with Crippen LogP contribution in [0.4, 0.5) is 16.2 Å². The Morgan fingerprint density at radius 1 is 1.42 bits per heavy atom. The maximum absolute atomic E-state index is 12.6. The number of anilines is 2. The Kier molecular flexibility index (Phi) is 5.71. The van der Waals surface area contributed by atoms with Crippen LogP contribution in [-0.4, -0.2) is 48.3 Å². The van der Waals surface area contributed by atoms with Gasteiger partial charge in [0.1, 0.15) is 11.6 Å². The topological polar surface area (TPSA) is 93.9 Å². The average molecular weight is 400 g/mol. The zero-order valence-corrected chi connectivity index (χ0v) is 15.6. The van der Waals surface area contributed by atoms with Crippen molar-refractivity contribution in [1.82, 2.24) is 4.90 Å². The number of ether oxygens (including phenoxy) is 2. The highest BCUT2D eigenvalue weighted by Gasteiger charge is 2.35. The van der Waals surface area contributed by atoms with Gasteiger partial charge in [0.25, 0.3) is 0 Å². The number of nitrogen functional groups attached to an aromatic ring is 1. The molecule has 1 fully saturated rings. The van der Waals surface area contributed by atoms with Crippen LogP contribution in [0.5, 0.6) is 0 Å². The number of morpholine rings is 1. The van der Waals surface area contributed by atoms with E-state index in [0.29, 0.717) is 24.5 Å². The van der Waals surface area contributed by atoms with Crippen LogP contribution in [0.2, 0.25) is 0 Å². The Bertz CT molecular complexity index is 630. The summed E-state index contributed by atoms with van der Waals surface area (Å²) in [4.78, 5) is 26.3. The van der Waals surface area contributed by atoms with Crippen molar-refractivity contribution in [3.8, 4) is 0 Å². The van der Waals surface area contributed by atoms with Crippen LogP contribution in [0.3, 0.4) is 0 Å². The summed E-state index contributed by atoms with van der Waals surface area (Å²) >= 11 is 3.33. The largest absolute Gasteiger partial charge is 0.444 e. The Balaban J connectivity index is 2.13. The molecule has 24 heavy (non-hydrogen) atoms. The van der Waals surface area contributed by atoms with E-state index < -0.39 is 17.7 Å². The third-order valence-corrected chi connectivity index (χ3v) is 3.83. The van der Waals surface area contributed by atoms with Gasteiger partial charge in [0, 0.05) is 11.0 Å². The number of halogens is 1. The molecule has 1 aromatic rings. The highest BCUT2D eigenvalue weighted by molar-refractivity contribution is 9.10. The molecule has 0 bridgehead atoms. The lowest BCUT2D eigenvalue weighted by Crippen LogP contribution is -2.55. The number of nitrogens with zero attached hydrogens (tertiary/aromatic N) is 1. The van der Waals surface area contributed by atoms with Crippen LogP contribution in [0.15, 0.2) is 22.7 Å². The fourth-order valence-corrected chi connectivity index (χ4v) is 2.57. The molecule has 1 heterocycles. The molecule has 0 radical (unpaired) electrons. The van der Waals surface area contributed by atoms with E-state index in [1.807, 2.05) is 0 Å². The van der Waals surface area contributed by atoms with Crippen molar-refractivity contribution in [2.24, 2.45) is 0 Å². The second-order valence-electron chi connectivity index (χ2n) is 6.49. The molecular weight excluding hydrogens is 378 g/mol. The summed E-state index contributed by atoms with van der Waals surface area (Å²) in [5.41, 5.74) is 6.15. The van der Waals surface area contributed by atoms with E-state index in [0.717, 1.165) is 4.47 Å². The lowest BCUT2D eigenvalue weighted by atomic mass is 10.2. The first-order valence-electron chi connectivity index (χ1n) is 7.60. The number of hydrogen-bond acceptors (Lipinski definition) is 5. The molecule has 0 unspecified atom stereocenters. The molecule has 2 amide bonds. The second-order valence-corrected chi connectivity index (χ2v) is 7.40. The van der Waals surface area contributed by atoms with Crippen LogP contribution in [0, 0.1) is 0 Å². The summed E-state index contributed by atoms with van der Waals surface area (Å²) in [5.74, 6) is -0.370. The van der Waals surface area contributed by atoms with E-state index >= 15 is 0 Å². The van der Waals surface area contributed by atoms with Crippen LogP contribution in [-0.2, 0) is 14.3 Å². The van der Waals surface area contributed by atoms with Gasteiger partial charge in [0.05, 0.1) is 24.6 Å². The molecule has 132 valence electrons. The van der Waals surface area contributed by atoms with E-state index in [-0.39, 0.29) is 12.5 Å². The molecule has 8 heteroatoms. The number of hydrogen-bond donors (Lipinski definition) is 2. The van der Waals surface area contributed by atoms with E-state index in [1.54, 1.807) is 39.0 Å². The van der Waals surface area contributed by atoms with Crippen molar-refractivity contribution in [3.63, 3.8) is 0 Å². The van der Waals surface area contributed by atoms with Crippen molar-refractivity contribution >= 4 is 39.3 Å². The molecule has 0 spiro atoms. The smallest absolute Gasteiger partial charge is 0.411 e. The van der Waals surface area contributed by atoms with Crippen molar-refractivity contribution in [2.45, 2.75) is 32.4 Å². The monoisotopic (exact) mass is 399 g/mol. The second kappa shape index (κ2) is 7.40. The van der Waals surface area contributed by atoms with Crippen molar-refractivity contribution in [2.75, 3.05) is 30.8 Å². The highest BCUT2D eigenvalue weighted by Crippen LogP contribution is 2.24. The van der Waals surface area contributed by atoms with Gasteiger partial charge in [-0.1, -0.05) is 15.9 Å². The normalized spacial score (nSPS) is 18.2. The summed E-state index contributed by atoms with van der Waals surface area (Å²) < 4.78 is 11.5. The first-order valence-corrected chi connectivity index (χ1v) is 8.40. The minimum Gasteiger partial charge on any atom is -0.444 e. The molecular formula is C16H22BrN3O4. The Labute approximate surface area is 149 Å². The average Bonchev–Trinajstić information content (AvgIpc) is 2.49. The molecule has 0 saturated carbocycles. The summed E-state index contributed by atoms with van der Waals surface area (Å²) in [5, 5.41) is 2.75. The lowest BCUT2D eigenvalue weighted by molar-refractivity contribution is -0.127. The third kappa shape index (κ3) is 4.85. The van der Waals surface area contributed by atoms with Gasteiger partial charge < -0.3 is 20.5 Å². The maximum atomic E-state index is 12.6. The van der Waals surface area contributed by atoms with Gasteiger partial charge in [-0.15, -0.1) is 0 Å². The molecule has 1 aliphatic rings. The molecule has 1 atom stereocenters. The van der Waals surface area contributed by atoms with Gasteiger partial charge in [-0.05, 0) is 39.0 Å². The fraction of sp³-hybridized carbons (Fsp3) is 0.500. The van der Waals surface area contributed by atoms with E-state index in [2.05, 4.69) is 21.2 Å². The van der Waals surface area contributed by atoms with Crippen molar-refractivity contribution in [1.29, 1.82) is 0 Å². The summed E-state index contributed by atoms with van der Waals surface area (Å²) in [7, 11) is 0. The minimum absolute atomic E-state index is 0.110. The zero-order valence-electron chi connectivity index (χ0n) is 14.0. The number of benzene rings is 1. The summed E-state index contributed by atoms with van der Waals surface area (Å²) in [6.45, 7) is 6.11. The van der Waals surface area contributed by atoms with Gasteiger partial charge in [0.15, 0.2) is 0 Å². The van der Waals surface area contributed by atoms with Crippen LogP contribution >= 0.6 is 15.9 Å². The number of rotatable bonds is 2. The van der Waals surface area contributed by atoms with Gasteiger partial charge in [-0.2, -0.15) is 0 Å². The Hall–Kier alpha value is -1.80. The molecule has 1 aromatic carbocycles. The zero-order chi connectivity index (χ0) is 17.9. The van der Waals surface area contributed by atoms with Crippen molar-refractivity contribution in [3.05, 3.63) is 22.7 Å². The summed E-state index contributed by atoms with van der Waals surface area (Å²) in [6.07, 6.45) is -0.534. The molecule has 0 aromatic heterocycles. The molecule has 1 saturated heterocycles. The first-order chi connectivity index (χ1) is 11.2. The van der Waals surface area contributed by atoms with E-state index in [9.17, 15) is 9.59 Å². The first kappa shape index (κ1) is 18.5. The molecule has 2 rings (SSSR count). The molecule has 3 N–H and O–H groups in total. The van der Waals surface area contributed by atoms with E-state index in [1.165, 1.54) is 4.90 Å². The number of nitrogens with one attached hydrogen (secondary N) is 1. The molecule has 0 aliphatic carbocycles. The fourth-order valence-electron chi connectivity index (χ4n) is 2.21. The number of carbonyl (C=O) groups excluding carboxylic acids is 2. The SMILES string of the molecule is CC(C)(C)OC(=O)N1CCOC[C@H]1C(=O)Nc1cc(Br)ccc1N. The van der Waals surface area contributed by atoms with Gasteiger partial charge in [-0.25, -0.2) is 4.79 Å². The predicted molar refractivity (Wildman–Crippen MR) is 94.7 cm³/mol.